The number of anilines is 1. The van der Waals surface area contributed by atoms with Crippen molar-refractivity contribution in [3.63, 3.8) is 0 Å². The van der Waals surface area contributed by atoms with Crippen molar-refractivity contribution in [2.45, 2.75) is 56.7 Å². The van der Waals surface area contributed by atoms with Gasteiger partial charge in [0.2, 0.25) is 11.7 Å². The van der Waals surface area contributed by atoms with Crippen LogP contribution < -0.4 is 11.1 Å². The minimum atomic E-state index is -2.70. The van der Waals surface area contributed by atoms with Crippen molar-refractivity contribution in [1.82, 2.24) is 9.80 Å². The van der Waals surface area contributed by atoms with Crippen LogP contribution in [0.4, 0.5) is 5.69 Å². The van der Waals surface area contributed by atoms with Gasteiger partial charge in [0, 0.05) is 24.1 Å². The molecule has 1 aromatic rings. The molecule has 0 spiro atoms. The lowest BCUT2D eigenvalue weighted by Gasteiger charge is -2.50. The minimum absolute atomic E-state index is 0.0153. The maximum atomic E-state index is 14.0. The Balaban J connectivity index is 1.34. The van der Waals surface area contributed by atoms with Crippen molar-refractivity contribution in [1.29, 1.82) is 0 Å². The molecular weight excluding hydrogens is 556 g/mol. The van der Waals surface area contributed by atoms with E-state index in [1.807, 2.05) is 0 Å². The molecule has 6 aliphatic rings. The molecule has 2 bridgehead atoms. The standard InChI is InChI=1S/C31H38N4O8/c1-13-8-14-4-7-19(13)35(11-14)12-20(36)33-18-6-5-15-9-16-10-17-24(34(2)3)27(39)23(30(32)42)29(41)31(17,43)28(40)22(16)26(38)21(15)25(18)37/h5-6,13-14,16-17,19,24,37-38,41,43H,4,7-12H2,1-3H3,(H2,32,42)(H,33,36)/t13?,14?,16?,17?,19?,24-,31-/m1/s1. The van der Waals surface area contributed by atoms with Crippen LogP contribution in [0.2, 0.25) is 0 Å². The van der Waals surface area contributed by atoms with E-state index in [2.05, 4.69) is 17.1 Å². The normalized spacial score (nSPS) is 33.8. The van der Waals surface area contributed by atoms with Crippen LogP contribution in [0.3, 0.4) is 0 Å². The molecule has 12 heteroatoms. The van der Waals surface area contributed by atoms with Gasteiger partial charge in [-0.15, -0.1) is 0 Å². The maximum Gasteiger partial charge on any atom is 0.255 e. The average Bonchev–Trinajstić information content (AvgIpc) is 2.92. The number of hydrogen-bond donors (Lipinski definition) is 6. The summed E-state index contributed by atoms with van der Waals surface area (Å²) in [5.74, 6) is -6.30. The van der Waals surface area contributed by atoms with Gasteiger partial charge in [0.05, 0.1) is 23.8 Å². The van der Waals surface area contributed by atoms with Gasteiger partial charge in [-0.2, -0.15) is 0 Å². The highest BCUT2D eigenvalue weighted by molar-refractivity contribution is 6.24. The Morgan fingerprint density at radius 3 is 2.49 bits per heavy atom. The predicted octanol–water partition coefficient (Wildman–Crippen LogP) is 1.02. The zero-order valence-corrected chi connectivity index (χ0v) is 24.5. The van der Waals surface area contributed by atoms with E-state index in [4.69, 9.17) is 5.73 Å². The van der Waals surface area contributed by atoms with E-state index >= 15 is 0 Å². The number of amides is 2. The highest BCUT2D eigenvalue weighted by Gasteiger charge is 2.64. The Bertz CT molecular complexity index is 1510. The molecule has 2 aliphatic heterocycles. The average molecular weight is 595 g/mol. The fourth-order valence-corrected chi connectivity index (χ4v) is 8.54. The third kappa shape index (κ3) is 4.29. The van der Waals surface area contributed by atoms with E-state index in [1.165, 1.54) is 17.7 Å². The zero-order valence-electron chi connectivity index (χ0n) is 24.5. The second-order valence-corrected chi connectivity index (χ2v) is 13.2. The first-order valence-electron chi connectivity index (χ1n) is 14.8. The van der Waals surface area contributed by atoms with Crippen molar-refractivity contribution in [3.8, 4) is 5.75 Å². The first kappa shape index (κ1) is 29.3. The number of fused-ring (bicyclic) bond motifs is 6. The van der Waals surface area contributed by atoms with Gasteiger partial charge in [-0.1, -0.05) is 13.0 Å². The molecule has 4 fully saturated rings. The topological polar surface area (TPSA) is 194 Å². The quantitative estimate of drug-likeness (QED) is 0.212. The number of carbonyl (C=O) groups excluding carboxylic acids is 4. The lowest BCUT2D eigenvalue weighted by Crippen LogP contribution is -2.65. The number of phenols is 1. The van der Waals surface area contributed by atoms with Crippen LogP contribution in [0.15, 0.2) is 29.0 Å². The number of aliphatic hydroxyl groups excluding tert-OH is 2. The number of rotatable bonds is 5. The van der Waals surface area contributed by atoms with Gasteiger partial charge in [0.15, 0.2) is 11.4 Å². The Hall–Kier alpha value is -3.74. The largest absolute Gasteiger partial charge is 0.508 e. The van der Waals surface area contributed by atoms with Crippen LogP contribution in [-0.4, -0.2) is 98.5 Å². The van der Waals surface area contributed by atoms with Gasteiger partial charge in [-0.05, 0) is 75.6 Å². The molecule has 2 amide bonds. The van der Waals surface area contributed by atoms with Crippen molar-refractivity contribution in [2.24, 2.45) is 29.4 Å². The molecule has 2 heterocycles. The third-order valence-corrected chi connectivity index (χ3v) is 10.4. The lowest BCUT2D eigenvalue weighted by atomic mass is 9.57. The number of aliphatic hydroxyl groups is 3. The fourth-order valence-electron chi connectivity index (χ4n) is 8.54. The summed E-state index contributed by atoms with van der Waals surface area (Å²) in [6.45, 7) is 3.24. The van der Waals surface area contributed by atoms with Crippen LogP contribution >= 0.6 is 0 Å². The molecule has 0 radical (unpaired) electrons. The van der Waals surface area contributed by atoms with E-state index in [-0.39, 0.29) is 42.1 Å². The molecule has 2 saturated carbocycles. The van der Waals surface area contributed by atoms with E-state index in [1.54, 1.807) is 26.2 Å². The number of likely N-dealkylation sites (N-methyl/N-ethyl adjacent to an activating group) is 1. The van der Waals surface area contributed by atoms with Gasteiger partial charge in [-0.3, -0.25) is 29.0 Å². The predicted molar refractivity (Wildman–Crippen MR) is 155 cm³/mol. The number of Topliss-reactive ketones (excluding diaryl/α,β-unsaturated/α-hetero) is 2. The molecule has 7 N–H and O–H groups in total. The smallest absolute Gasteiger partial charge is 0.255 e. The number of aromatic hydroxyl groups is 1. The molecule has 7 atom stereocenters. The Morgan fingerprint density at radius 2 is 1.86 bits per heavy atom. The Kier molecular flexibility index (Phi) is 6.94. The highest BCUT2D eigenvalue weighted by atomic mass is 16.3. The number of carbonyl (C=O) groups is 4. The van der Waals surface area contributed by atoms with E-state index in [0.29, 0.717) is 23.4 Å². The van der Waals surface area contributed by atoms with E-state index in [9.17, 15) is 39.6 Å². The number of piperidine rings is 2. The first-order chi connectivity index (χ1) is 20.2. The van der Waals surface area contributed by atoms with Crippen molar-refractivity contribution < 1.29 is 39.6 Å². The van der Waals surface area contributed by atoms with Gasteiger partial charge < -0.3 is 31.5 Å². The van der Waals surface area contributed by atoms with Crippen LogP contribution in [0.1, 0.15) is 43.7 Å². The third-order valence-electron chi connectivity index (χ3n) is 10.4. The number of hydrogen-bond acceptors (Lipinski definition) is 10. The molecule has 12 nitrogen and oxygen atoms in total. The molecule has 1 aromatic carbocycles. The fraction of sp³-hybridized carbons (Fsp3) is 0.548. The number of primary amides is 1. The number of phenolic OH excluding ortho intramolecular Hbond substituents is 1. The van der Waals surface area contributed by atoms with Gasteiger partial charge >= 0.3 is 0 Å². The summed E-state index contributed by atoms with van der Waals surface area (Å²) < 4.78 is 0. The molecule has 5 unspecified atom stereocenters. The monoisotopic (exact) mass is 594 g/mol. The number of nitrogens with zero attached hydrogens (tertiary/aromatic N) is 2. The maximum absolute atomic E-state index is 14.0. The summed E-state index contributed by atoms with van der Waals surface area (Å²) in [5.41, 5.74) is 2.11. The molecule has 0 aromatic heterocycles. The molecule has 2 saturated heterocycles. The number of nitrogens with two attached hydrogens (primary N) is 1. The van der Waals surface area contributed by atoms with Crippen molar-refractivity contribution >= 4 is 34.8 Å². The number of nitrogens with one attached hydrogen (secondary N) is 1. The number of ketones is 2. The summed E-state index contributed by atoms with van der Waals surface area (Å²) in [4.78, 5) is 56.0. The first-order valence-corrected chi connectivity index (χ1v) is 14.8. The van der Waals surface area contributed by atoms with Crippen LogP contribution in [0, 0.1) is 23.7 Å². The second-order valence-electron chi connectivity index (χ2n) is 13.2. The van der Waals surface area contributed by atoms with Crippen LogP contribution in [0.25, 0.3) is 5.76 Å². The van der Waals surface area contributed by atoms with Gasteiger partial charge in [-0.25, -0.2) is 0 Å². The van der Waals surface area contributed by atoms with Gasteiger partial charge in [0.25, 0.3) is 5.91 Å². The molecule has 4 aliphatic carbocycles. The SMILES string of the molecule is CC1CC2CCC1N(CC(=O)Nc1ccc3c(c1O)C(O)=C1C(=O)[C@@]4(O)C(O)=C(C(N)=O)C(=O)[C@H](N(C)C)C4CC1C3)C2. The van der Waals surface area contributed by atoms with E-state index < -0.39 is 63.8 Å². The lowest BCUT2D eigenvalue weighted by molar-refractivity contribution is -0.153. The molecule has 7 rings (SSSR count). The summed E-state index contributed by atoms with van der Waals surface area (Å²) in [5, 5.41) is 48.1. The van der Waals surface area contributed by atoms with Crippen LogP contribution in [0.5, 0.6) is 5.75 Å². The summed E-state index contributed by atoms with van der Waals surface area (Å²) in [7, 11) is 3.11. The summed E-state index contributed by atoms with van der Waals surface area (Å²) in [6, 6.07) is 2.41. The Morgan fingerprint density at radius 1 is 1.14 bits per heavy atom. The van der Waals surface area contributed by atoms with Gasteiger partial charge in [0.1, 0.15) is 22.8 Å². The van der Waals surface area contributed by atoms with Crippen molar-refractivity contribution in [2.75, 3.05) is 32.5 Å². The molecule has 230 valence electrons. The Labute approximate surface area is 248 Å². The highest BCUT2D eigenvalue weighted by Crippen LogP contribution is 2.53. The zero-order chi connectivity index (χ0) is 31.1. The minimum Gasteiger partial charge on any atom is -0.508 e. The summed E-state index contributed by atoms with van der Waals surface area (Å²) in [6.07, 6.45) is 3.60. The van der Waals surface area contributed by atoms with Crippen molar-refractivity contribution in [3.05, 3.63) is 40.2 Å². The molecule has 43 heavy (non-hydrogen) atoms. The van der Waals surface area contributed by atoms with E-state index in [0.717, 1.165) is 13.0 Å². The van der Waals surface area contributed by atoms with Crippen LogP contribution in [-0.2, 0) is 25.6 Å². The summed E-state index contributed by atoms with van der Waals surface area (Å²) >= 11 is 0. The molecular formula is C31H38N4O8. The number of benzene rings is 1. The second kappa shape index (κ2) is 10.2.